The Labute approximate surface area is 104 Å². The number of carbonyl (C=O) groups is 1. The number of hydrogen-bond acceptors (Lipinski definition) is 2. The van der Waals surface area contributed by atoms with Gasteiger partial charge in [0.1, 0.15) is 0 Å². The molecule has 0 rings (SSSR count). The molecule has 0 saturated carbocycles. The molecule has 0 aliphatic heterocycles. The van der Waals surface area contributed by atoms with Crippen molar-refractivity contribution in [3.63, 3.8) is 0 Å². The molecule has 1 N–H and O–H groups in total. The minimum Gasteiger partial charge on any atom is -0.480 e. The predicted octanol–water partition coefficient (Wildman–Crippen LogP) is 3.84. The van der Waals surface area contributed by atoms with Crippen molar-refractivity contribution in [1.82, 2.24) is 0 Å². The molecule has 1 atom stereocenters. The van der Waals surface area contributed by atoms with Crippen LogP contribution in [-0.2, 0) is 4.79 Å². The van der Waals surface area contributed by atoms with Gasteiger partial charge in [-0.2, -0.15) is 12.6 Å². The summed E-state index contributed by atoms with van der Waals surface area (Å²) in [4.78, 5) is 10.5. The van der Waals surface area contributed by atoms with E-state index in [9.17, 15) is 4.79 Å². The fourth-order valence-electron chi connectivity index (χ4n) is 1.30. The SMILES string of the molecule is CC(C)=CCCC(C)=CCCC(S)C(=O)O. The highest BCUT2D eigenvalue weighted by Crippen LogP contribution is 2.11. The lowest BCUT2D eigenvalue weighted by Crippen LogP contribution is -2.12. The lowest BCUT2D eigenvalue weighted by Gasteiger charge is -2.03. The molecule has 0 radical (unpaired) electrons. The maximum absolute atomic E-state index is 10.5. The van der Waals surface area contributed by atoms with E-state index in [0.29, 0.717) is 6.42 Å². The molecule has 0 heterocycles. The summed E-state index contributed by atoms with van der Waals surface area (Å²) in [5.74, 6) is -0.834. The van der Waals surface area contributed by atoms with Gasteiger partial charge in [0.25, 0.3) is 0 Å². The minimum atomic E-state index is -0.834. The molecule has 92 valence electrons. The third-order valence-corrected chi connectivity index (χ3v) is 2.79. The third-order valence-electron chi connectivity index (χ3n) is 2.31. The van der Waals surface area contributed by atoms with Crippen molar-refractivity contribution in [2.24, 2.45) is 0 Å². The normalized spacial score (nSPS) is 13.4. The maximum atomic E-state index is 10.5. The third kappa shape index (κ3) is 8.60. The van der Waals surface area contributed by atoms with Crippen molar-refractivity contribution >= 4 is 18.6 Å². The lowest BCUT2D eigenvalue weighted by atomic mass is 10.1. The van der Waals surface area contributed by atoms with Crippen molar-refractivity contribution in [3.8, 4) is 0 Å². The van der Waals surface area contributed by atoms with Crippen LogP contribution >= 0.6 is 12.6 Å². The van der Waals surface area contributed by atoms with E-state index in [-0.39, 0.29) is 0 Å². The molecule has 0 amide bonds. The molecule has 0 aliphatic rings. The Balaban J connectivity index is 3.79. The van der Waals surface area contributed by atoms with E-state index in [1.54, 1.807) is 0 Å². The maximum Gasteiger partial charge on any atom is 0.316 e. The summed E-state index contributed by atoms with van der Waals surface area (Å²) in [6, 6.07) is 0. The van der Waals surface area contributed by atoms with Crippen LogP contribution in [-0.4, -0.2) is 16.3 Å². The summed E-state index contributed by atoms with van der Waals surface area (Å²) in [5.41, 5.74) is 2.66. The summed E-state index contributed by atoms with van der Waals surface area (Å²) < 4.78 is 0. The van der Waals surface area contributed by atoms with Crippen LogP contribution in [0.5, 0.6) is 0 Å². The molecule has 0 aromatic carbocycles. The largest absolute Gasteiger partial charge is 0.480 e. The topological polar surface area (TPSA) is 37.3 Å². The van der Waals surface area contributed by atoms with Crippen LogP contribution in [0.1, 0.15) is 46.5 Å². The van der Waals surface area contributed by atoms with Crippen molar-refractivity contribution in [3.05, 3.63) is 23.3 Å². The van der Waals surface area contributed by atoms with Crippen molar-refractivity contribution in [2.45, 2.75) is 51.7 Å². The van der Waals surface area contributed by atoms with Crippen LogP contribution in [0.15, 0.2) is 23.3 Å². The molecule has 16 heavy (non-hydrogen) atoms. The average Bonchev–Trinajstić information content (AvgIpc) is 2.16. The van der Waals surface area contributed by atoms with Crippen LogP contribution in [0.4, 0.5) is 0 Å². The molecule has 0 fully saturated rings. The molecule has 0 aromatic rings. The number of rotatable bonds is 7. The van der Waals surface area contributed by atoms with Gasteiger partial charge in [0.2, 0.25) is 0 Å². The molecular formula is C13H22O2S. The summed E-state index contributed by atoms with van der Waals surface area (Å²) in [7, 11) is 0. The first-order valence-electron chi connectivity index (χ1n) is 5.63. The smallest absolute Gasteiger partial charge is 0.316 e. The van der Waals surface area contributed by atoms with Crippen LogP contribution in [0.25, 0.3) is 0 Å². The van der Waals surface area contributed by atoms with Crippen LogP contribution in [0.3, 0.4) is 0 Å². The molecule has 3 heteroatoms. The molecule has 0 aliphatic carbocycles. The van der Waals surface area contributed by atoms with E-state index in [0.717, 1.165) is 19.3 Å². The second-order valence-electron chi connectivity index (χ2n) is 4.30. The van der Waals surface area contributed by atoms with Gasteiger partial charge in [-0.05, 0) is 46.5 Å². The van der Waals surface area contributed by atoms with Crippen molar-refractivity contribution < 1.29 is 9.90 Å². The first-order chi connectivity index (χ1) is 7.43. The minimum absolute atomic E-state index is 0.540. The molecule has 0 bridgehead atoms. The van der Waals surface area contributed by atoms with Gasteiger partial charge in [-0.25, -0.2) is 0 Å². The molecule has 2 nitrogen and oxygen atoms in total. The Morgan fingerprint density at radius 1 is 1.25 bits per heavy atom. The molecule has 0 aromatic heterocycles. The highest BCUT2D eigenvalue weighted by Gasteiger charge is 2.09. The fourth-order valence-corrected chi connectivity index (χ4v) is 1.45. The summed E-state index contributed by atoms with van der Waals surface area (Å²) >= 11 is 3.99. The van der Waals surface area contributed by atoms with Crippen molar-refractivity contribution in [1.29, 1.82) is 0 Å². The summed E-state index contributed by atoms with van der Waals surface area (Å²) in [6.07, 6.45) is 7.84. The number of carboxylic acids is 1. The molecule has 0 saturated heterocycles. The van der Waals surface area contributed by atoms with E-state index >= 15 is 0 Å². The number of allylic oxidation sites excluding steroid dienone is 4. The Morgan fingerprint density at radius 3 is 2.38 bits per heavy atom. The van der Waals surface area contributed by atoms with Gasteiger partial charge in [-0.15, -0.1) is 0 Å². The number of carboxylic acid groups (broad SMARTS) is 1. The Bertz CT molecular complexity index is 276. The monoisotopic (exact) mass is 242 g/mol. The summed E-state index contributed by atoms with van der Waals surface area (Å²) in [5, 5.41) is 8.10. The first kappa shape index (κ1) is 15.3. The van der Waals surface area contributed by atoms with Crippen LogP contribution < -0.4 is 0 Å². The average molecular weight is 242 g/mol. The van der Waals surface area contributed by atoms with E-state index < -0.39 is 11.2 Å². The van der Waals surface area contributed by atoms with Gasteiger partial charge >= 0.3 is 5.97 Å². The second-order valence-corrected chi connectivity index (χ2v) is 4.93. The highest BCUT2D eigenvalue weighted by molar-refractivity contribution is 7.81. The lowest BCUT2D eigenvalue weighted by molar-refractivity contribution is -0.136. The zero-order valence-electron chi connectivity index (χ0n) is 10.4. The number of hydrogen-bond donors (Lipinski definition) is 2. The first-order valence-corrected chi connectivity index (χ1v) is 6.15. The Hall–Kier alpha value is -0.700. The van der Waals surface area contributed by atoms with E-state index in [2.05, 4.69) is 45.6 Å². The molecular weight excluding hydrogens is 220 g/mol. The van der Waals surface area contributed by atoms with Crippen LogP contribution in [0, 0.1) is 0 Å². The van der Waals surface area contributed by atoms with E-state index in [4.69, 9.17) is 5.11 Å². The second kappa shape index (κ2) is 8.45. The van der Waals surface area contributed by atoms with Gasteiger partial charge in [0.15, 0.2) is 0 Å². The van der Waals surface area contributed by atoms with Gasteiger partial charge in [-0.3, -0.25) is 4.79 Å². The number of aliphatic carboxylic acids is 1. The Morgan fingerprint density at radius 2 is 1.88 bits per heavy atom. The number of thiol groups is 1. The van der Waals surface area contributed by atoms with Gasteiger partial charge in [0, 0.05) is 0 Å². The predicted molar refractivity (Wildman–Crippen MR) is 72.1 cm³/mol. The van der Waals surface area contributed by atoms with Gasteiger partial charge < -0.3 is 5.11 Å². The zero-order chi connectivity index (χ0) is 12.6. The quantitative estimate of drug-likeness (QED) is 0.525. The fraction of sp³-hybridized carbons (Fsp3) is 0.615. The van der Waals surface area contributed by atoms with Crippen molar-refractivity contribution in [2.75, 3.05) is 0 Å². The Kier molecular flexibility index (Phi) is 8.08. The highest BCUT2D eigenvalue weighted by atomic mass is 32.1. The van der Waals surface area contributed by atoms with Crippen LogP contribution in [0.2, 0.25) is 0 Å². The molecule has 0 spiro atoms. The van der Waals surface area contributed by atoms with Gasteiger partial charge in [0.05, 0.1) is 5.25 Å². The zero-order valence-corrected chi connectivity index (χ0v) is 11.3. The van der Waals surface area contributed by atoms with E-state index in [1.807, 2.05) is 0 Å². The van der Waals surface area contributed by atoms with E-state index in [1.165, 1.54) is 11.1 Å². The van der Waals surface area contributed by atoms with Gasteiger partial charge in [-0.1, -0.05) is 23.3 Å². The standard InChI is InChI=1S/C13H22O2S/c1-10(2)6-4-7-11(3)8-5-9-12(16)13(14)15/h6,8,12,16H,4-5,7,9H2,1-3H3,(H,14,15). The summed E-state index contributed by atoms with van der Waals surface area (Å²) in [6.45, 7) is 6.28. The molecule has 1 unspecified atom stereocenters.